The lowest BCUT2D eigenvalue weighted by molar-refractivity contribution is -0.120. The SMILES string of the molecule is Cc1ccc(S(=O)(=O)N2CCC[C@H](C(=O)Nc3ccc(F)c(Cl)c3)C2)cc1Cl. The molecule has 0 spiro atoms. The Balaban J connectivity index is 1.74. The monoisotopic (exact) mass is 444 g/mol. The number of nitrogens with one attached hydrogen (secondary N) is 1. The maximum atomic E-state index is 13.3. The molecule has 5 nitrogen and oxygen atoms in total. The van der Waals surface area contributed by atoms with Crippen molar-refractivity contribution in [3.8, 4) is 0 Å². The first-order valence-electron chi connectivity index (χ1n) is 8.70. The van der Waals surface area contributed by atoms with Gasteiger partial charge in [0.05, 0.1) is 15.8 Å². The molecule has 1 aliphatic rings. The minimum absolute atomic E-state index is 0.0641. The van der Waals surface area contributed by atoms with Crippen LogP contribution in [0.4, 0.5) is 10.1 Å². The largest absolute Gasteiger partial charge is 0.326 e. The predicted molar refractivity (Wildman–Crippen MR) is 108 cm³/mol. The second kappa shape index (κ2) is 8.37. The first-order chi connectivity index (χ1) is 13.2. The van der Waals surface area contributed by atoms with Gasteiger partial charge in [0.25, 0.3) is 0 Å². The van der Waals surface area contributed by atoms with Crippen molar-refractivity contribution in [2.24, 2.45) is 5.92 Å². The van der Waals surface area contributed by atoms with E-state index in [0.717, 1.165) is 11.6 Å². The summed E-state index contributed by atoms with van der Waals surface area (Å²) in [5.74, 6) is -1.43. The molecule has 1 amide bonds. The van der Waals surface area contributed by atoms with Gasteiger partial charge in [-0.1, -0.05) is 29.3 Å². The number of hydrogen-bond acceptors (Lipinski definition) is 3. The lowest BCUT2D eigenvalue weighted by Crippen LogP contribution is -2.43. The van der Waals surface area contributed by atoms with E-state index in [2.05, 4.69) is 5.32 Å². The Kier molecular flexibility index (Phi) is 6.29. The van der Waals surface area contributed by atoms with E-state index in [4.69, 9.17) is 23.2 Å². The Morgan fingerprint density at radius 3 is 2.61 bits per heavy atom. The highest BCUT2D eigenvalue weighted by molar-refractivity contribution is 7.89. The molecule has 28 heavy (non-hydrogen) atoms. The lowest BCUT2D eigenvalue weighted by Gasteiger charge is -2.31. The van der Waals surface area contributed by atoms with E-state index in [1.165, 1.54) is 28.6 Å². The number of hydrogen-bond donors (Lipinski definition) is 1. The van der Waals surface area contributed by atoms with Gasteiger partial charge in [-0.3, -0.25) is 4.79 Å². The zero-order chi connectivity index (χ0) is 20.5. The fourth-order valence-corrected chi connectivity index (χ4v) is 5.05. The van der Waals surface area contributed by atoms with Crippen LogP contribution in [0.5, 0.6) is 0 Å². The number of rotatable bonds is 4. The number of halogens is 3. The van der Waals surface area contributed by atoms with Crippen molar-refractivity contribution in [2.45, 2.75) is 24.7 Å². The summed E-state index contributed by atoms with van der Waals surface area (Å²) >= 11 is 11.8. The third kappa shape index (κ3) is 4.49. The molecule has 1 saturated heterocycles. The van der Waals surface area contributed by atoms with Crippen LogP contribution in [0, 0.1) is 18.7 Å². The topological polar surface area (TPSA) is 66.5 Å². The maximum absolute atomic E-state index is 13.3. The van der Waals surface area contributed by atoms with E-state index in [1.807, 2.05) is 0 Å². The first-order valence-corrected chi connectivity index (χ1v) is 10.9. The van der Waals surface area contributed by atoms with E-state index in [-0.39, 0.29) is 22.4 Å². The van der Waals surface area contributed by atoms with Crippen LogP contribution in [-0.2, 0) is 14.8 Å². The van der Waals surface area contributed by atoms with Gasteiger partial charge in [0.15, 0.2) is 0 Å². The Morgan fingerprint density at radius 2 is 1.93 bits per heavy atom. The number of benzene rings is 2. The molecule has 1 atom stereocenters. The number of carbonyl (C=O) groups is 1. The van der Waals surface area contributed by atoms with Crippen LogP contribution in [0.1, 0.15) is 18.4 Å². The molecular weight excluding hydrogens is 426 g/mol. The normalized spacial score (nSPS) is 18.1. The minimum atomic E-state index is -3.75. The van der Waals surface area contributed by atoms with Crippen molar-refractivity contribution >= 4 is 44.8 Å². The molecular formula is C19H19Cl2FN2O3S. The van der Waals surface area contributed by atoms with Crippen molar-refractivity contribution < 1.29 is 17.6 Å². The lowest BCUT2D eigenvalue weighted by atomic mass is 9.99. The number of nitrogens with zero attached hydrogens (tertiary/aromatic N) is 1. The Bertz CT molecular complexity index is 1010. The summed E-state index contributed by atoms with van der Waals surface area (Å²) in [7, 11) is -3.75. The third-order valence-corrected chi connectivity index (χ3v) is 7.28. The van der Waals surface area contributed by atoms with Gasteiger partial charge in [0.2, 0.25) is 15.9 Å². The molecule has 0 aromatic heterocycles. The van der Waals surface area contributed by atoms with Crippen LogP contribution in [-0.4, -0.2) is 31.7 Å². The van der Waals surface area contributed by atoms with E-state index in [9.17, 15) is 17.6 Å². The molecule has 1 fully saturated rings. The summed E-state index contributed by atoms with van der Waals surface area (Å²) in [4.78, 5) is 12.7. The van der Waals surface area contributed by atoms with Crippen LogP contribution in [0.15, 0.2) is 41.3 Å². The van der Waals surface area contributed by atoms with Gasteiger partial charge >= 0.3 is 0 Å². The van der Waals surface area contributed by atoms with Crippen molar-refractivity contribution in [2.75, 3.05) is 18.4 Å². The molecule has 9 heteroatoms. The standard InChI is InChI=1S/C19H19Cl2FN2O3S/c1-12-4-6-15(10-16(12)20)28(26,27)24-8-2-3-13(11-24)19(25)23-14-5-7-18(22)17(21)9-14/h4-7,9-10,13H,2-3,8,11H2,1H3,(H,23,25)/t13-/m0/s1. The van der Waals surface area contributed by atoms with Crippen LogP contribution in [0.3, 0.4) is 0 Å². The van der Waals surface area contributed by atoms with E-state index < -0.39 is 21.8 Å². The summed E-state index contributed by atoms with van der Waals surface area (Å²) in [6, 6.07) is 8.49. The average molecular weight is 445 g/mol. The van der Waals surface area contributed by atoms with E-state index in [1.54, 1.807) is 13.0 Å². The zero-order valence-electron chi connectivity index (χ0n) is 15.1. The molecule has 3 rings (SSSR count). The van der Waals surface area contributed by atoms with Gasteiger partial charge in [-0.25, -0.2) is 12.8 Å². The quantitative estimate of drug-likeness (QED) is 0.755. The first kappa shape index (κ1) is 21.0. The smallest absolute Gasteiger partial charge is 0.243 e. The maximum Gasteiger partial charge on any atom is 0.243 e. The molecule has 150 valence electrons. The number of anilines is 1. The fourth-order valence-electron chi connectivity index (χ4n) is 3.08. The molecule has 1 aliphatic heterocycles. The van der Waals surface area contributed by atoms with Gasteiger partial charge in [0.1, 0.15) is 5.82 Å². The molecule has 2 aromatic carbocycles. The van der Waals surface area contributed by atoms with Crippen molar-refractivity contribution in [1.82, 2.24) is 4.31 Å². The fraction of sp³-hybridized carbons (Fsp3) is 0.316. The van der Waals surface area contributed by atoms with Crippen LogP contribution in [0.25, 0.3) is 0 Å². The summed E-state index contributed by atoms with van der Waals surface area (Å²) in [6.45, 7) is 2.19. The second-order valence-electron chi connectivity index (χ2n) is 6.73. The number of amides is 1. The number of aryl methyl sites for hydroxylation is 1. The molecule has 0 unspecified atom stereocenters. The van der Waals surface area contributed by atoms with Crippen molar-refractivity contribution in [3.05, 3.63) is 57.8 Å². The van der Waals surface area contributed by atoms with Crippen LogP contribution >= 0.6 is 23.2 Å². The average Bonchev–Trinajstić information content (AvgIpc) is 2.67. The third-order valence-electron chi connectivity index (χ3n) is 4.72. The Hall–Kier alpha value is -1.67. The summed E-state index contributed by atoms with van der Waals surface area (Å²) in [5, 5.41) is 2.96. The predicted octanol–water partition coefficient (Wildman–Crippen LogP) is 4.48. The Morgan fingerprint density at radius 1 is 1.18 bits per heavy atom. The molecule has 0 radical (unpaired) electrons. The highest BCUT2D eigenvalue weighted by Crippen LogP contribution is 2.28. The molecule has 0 bridgehead atoms. The molecule has 0 aliphatic carbocycles. The van der Waals surface area contributed by atoms with Crippen LogP contribution in [0.2, 0.25) is 10.0 Å². The molecule has 1 heterocycles. The second-order valence-corrected chi connectivity index (χ2v) is 9.48. The van der Waals surface area contributed by atoms with E-state index in [0.29, 0.717) is 30.1 Å². The Labute approximate surface area is 173 Å². The van der Waals surface area contributed by atoms with Crippen molar-refractivity contribution in [1.29, 1.82) is 0 Å². The highest BCUT2D eigenvalue weighted by atomic mass is 35.5. The van der Waals surface area contributed by atoms with Gasteiger partial charge in [0, 0.05) is 23.8 Å². The molecule has 0 saturated carbocycles. The van der Waals surface area contributed by atoms with Crippen molar-refractivity contribution in [3.63, 3.8) is 0 Å². The number of sulfonamides is 1. The summed E-state index contributed by atoms with van der Waals surface area (Å²) < 4.78 is 40.4. The van der Waals surface area contributed by atoms with Gasteiger partial charge < -0.3 is 5.32 Å². The minimum Gasteiger partial charge on any atom is -0.326 e. The number of carbonyl (C=O) groups excluding carboxylic acids is 1. The summed E-state index contributed by atoms with van der Waals surface area (Å²) in [5.41, 5.74) is 1.15. The number of piperidine rings is 1. The van der Waals surface area contributed by atoms with Gasteiger partial charge in [-0.05, 0) is 55.7 Å². The zero-order valence-corrected chi connectivity index (χ0v) is 17.4. The van der Waals surface area contributed by atoms with E-state index >= 15 is 0 Å². The van der Waals surface area contributed by atoms with Gasteiger partial charge in [-0.2, -0.15) is 4.31 Å². The molecule has 1 N–H and O–H groups in total. The van der Waals surface area contributed by atoms with Crippen LogP contribution < -0.4 is 5.32 Å². The highest BCUT2D eigenvalue weighted by Gasteiger charge is 2.33. The summed E-state index contributed by atoms with van der Waals surface area (Å²) in [6.07, 6.45) is 1.11. The van der Waals surface area contributed by atoms with Gasteiger partial charge in [-0.15, -0.1) is 0 Å². The molecule has 2 aromatic rings.